The van der Waals surface area contributed by atoms with E-state index >= 15 is 0 Å². The molecule has 5 nitrogen and oxygen atoms in total. The Kier molecular flexibility index (Phi) is 5.49. The molecule has 2 aromatic carbocycles. The highest BCUT2D eigenvalue weighted by Crippen LogP contribution is 2.20. The van der Waals surface area contributed by atoms with Gasteiger partial charge < -0.3 is 5.32 Å². The van der Waals surface area contributed by atoms with Crippen molar-refractivity contribution >= 4 is 17.5 Å². The molecule has 0 aliphatic carbocycles. The lowest BCUT2D eigenvalue weighted by Crippen LogP contribution is -2.33. The van der Waals surface area contributed by atoms with Gasteiger partial charge in [0.05, 0.1) is 0 Å². The topological polar surface area (TPSA) is 64.0 Å². The second-order valence-electron chi connectivity index (χ2n) is 5.92. The highest BCUT2D eigenvalue weighted by atomic mass is 35.5. The minimum absolute atomic E-state index is 0.110. The zero-order chi connectivity index (χ0) is 18.5. The van der Waals surface area contributed by atoms with Gasteiger partial charge in [0, 0.05) is 28.9 Å². The first-order chi connectivity index (χ1) is 12.5. The van der Waals surface area contributed by atoms with Gasteiger partial charge in [-0.15, -0.1) is 0 Å². The van der Waals surface area contributed by atoms with Gasteiger partial charge in [-0.05, 0) is 24.6 Å². The first-order valence-corrected chi connectivity index (χ1v) is 8.56. The second-order valence-corrected chi connectivity index (χ2v) is 6.35. The molecule has 0 fully saturated rings. The molecule has 3 aromatic rings. The molecule has 1 aromatic heterocycles. The van der Waals surface area contributed by atoms with Crippen LogP contribution in [0, 0.1) is 6.92 Å². The Morgan fingerprint density at radius 1 is 1.12 bits per heavy atom. The Morgan fingerprint density at radius 3 is 2.62 bits per heavy atom. The van der Waals surface area contributed by atoms with Gasteiger partial charge in [-0.1, -0.05) is 54.1 Å². The van der Waals surface area contributed by atoms with Crippen LogP contribution in [0.25, 0.3) is 11.4 Å². The number of benzene rings is 2. The number of rotatable bonds is 5. The van der Waals surface area contributed by atoms with Crippen molar-refractivity contribution < 1.29 is 4.79 Å². The van der Waals surface area contributed by atoms with Crippen molar-refractivity contribution in [3.63, 3.8) is 0 Å². The maximum atomic E-state index is 12.4. The third-order valence-corrected chi connectivity index (χ3v) is 4.09. The summed E-state index contributed by atoms with van der Waals surface area (Å²) in [5.74, 6) is 0.164. The van der Waals surface area contributed by atoms with Crippen LogP contribution >= 0.6 is 11.6 Å². The second kappa shape index (κ2) is 7.97. The average Bonchev–Trinajstić information content (AvgIpc) is 2.63. The minimum Gasteiger partial charge on any atom is -0.350 e. The van der Waals surface area contributed by atoms with E-state index in [9.17, 15) is 9.59 Å². The molecule has 0 saturated heterocycles. The van der Waals surface area contributed by atoms with Crippen LogP contribution in [0.4, 0.5) is 0 Å². The van der Waals surface area contributed by atoms with Crippen molar-refractivity contribution in [2.24, 2.45) is 0 Å². The molecule has 0 spiro atoms. The van der Waals surface area contributed by atoms with E-state index in [1.807, 2.05) is 36.4 Å². The highest BCUT2D eigenvalue weighted by molar-refractivity contribution is 6.30. The van der Waals surface area contributed by atoms with Gasteiger partial charge in [0.25, 0.3) is 5.56 Å². The third-order valence-electron chi connectivity index (χ3n) is 3.85. The molecule has 26 heavy (non-hydrogen) atoms. The summed E-state index contributed by atoms with van der Waals surface area (Å²) >= 11 is 6.06. The third kappa shape index (κ3) is 4.37. The molecule has 6 heteroatoms. The van der Waals surface area contributed by atoms with Crippen molar-refractivity contribution in [2.75, 3.05) is 0 Å². The van der Waals surface area contributed by atoms with Gasteiger partial charge in [-0.2, -0.15) is 0 Å². The molecular weight excluding hydrogens is 350 g/mol. The lowest BCUT2D eigenvalue weighted by atomic mass is 10.2. The first-order valence-electron chi connectivity index (χ1n) is 8.18. The SMILES string of the molecule is Cc1cc(=O)n(CC(=O)NCc2ccccc2)c(-c2cccc(Cl)c2)n1. The van der Waals surface area contributed by atoms with Crippen LogP contribution in [0.15, 0.2) is 65.5 Å². The number of carbonyl (C=O) groups excluding carboxylic acids is 1. The summed E-state index contributed by atoms with van der Waals surface area (Å²) in [5.41, 5.74) is 1.99. The van der Waals surface area contributed by atoms with Crippen LogP contribution in [0.2, 0.25) is 5.02 Å². The summed E-state index contributed by atoms with van der Waals surface area (Å²) in [6.45, 7) is 2.04. The molecule has 0 saturated carbocycles. The Morgan fingerprint density at radius 2 is 1.88 bits per heavy atom. The van der Waals surface area contributed by atoms with Gasteiger partial charge in [0.2, 0.25) is 5.91 Å². The van der Waals surface area contributed by atoms with Gasteiger partial charge in [0.15, 0.2) is 0 Å². The monoisotopic (exact) mass is 367 g/mol. The average molecular weight is 368 g/mol. The van der Waals surface area contributed by atoms with Crippen LogP contribution in [-0.2, 0) is 17.9 Å². The van der Waals surface area contributed by atoms with Crippen LogP contribution in [0.1, 0.15) is 11.3 Å². The molecule has 0 unspecified atom stereocenters. The van der Waals surface area contributed by atoms with E-state index in [1.165, 1.54) is 10.6 Å². The highest BCUT2D eigenvalue weighted by Gasteiger charge is 2.13. The lowest BCUT2D eigenvalue weighted by Gasteiger charge is -2.13. The number of aromatic nitrogens is 2. The van der Waals surface area contributed by atoms with Crippen LogP contribution in [0.5, 0.6) is 0 Å². The Balaban J connectivity index is 1.85. The van der Waals surface area contributed by atoms with E-state index in [1.54, 1.807) is 25.1 Å². The molecule has 0 aliphatic heterocycles. The summed E-state index contributed by atoms with van der Waals surface area (Å²) < 4.78 is 1.36. The van der Waals surface area contributed by atoms with Crippen LogP contribution < -0.4 is 10.9 Å². The Hall–Kier alpha value is -2.92. The smallest absolute Gasteiger partial charge is 0.254 e. The fourth-order valence-corrected chi connectivity index (χ4v) is 2.81. The van der Waals surface area contributed by atoms with Crippen molar-refractivity contribution in [1.29, 1.82) is 0 Å². The number of nitrogens with one attached hydrogen (secondary N) is 1. The number of nitrogens with zero attached hydrogens (tertiary/aromatic N) is 2. The van der Waals surface area contributed by atoms with Crippen molar-refractivity contribution in [3.05, 3.63) is 87.3 Å². The molecule has 0 bridgehead atoms. The normalized spacial score (nSPS) is 10.5. The molecular formula is C20H18ClN3O2. The number of hydrogen-bond acceptors (Lipinski definition) is 3. The van der Waals surface area contributed by atoms with Gasteiger partial charge in [-0.3, -0.25) is 14.2 Å². The molecule has 0 aliphatic rings. The predicted molar refractivity (Wildman–Crippen MR) is 102 cm³/mol. The standard InChI is InChI=1S/C20H18ClN3O2/c1-14-10-19(26)24(20(23-14)16-8-5-9-17(21)11-16)13-18(25)22-12-15-6-3-2-4-7-15/h2-11H,12-13H2,1H3,(H,22,25). The fraction of sp³-hybridized carbons (Fsp3) is 0.150. The molecule has 3 rings (SSSR count). The van der Waals surface area contributed by atoms with Crippen molar-refractivity contribution in [2.45, 2.75) is 20.0 Å². The van der Waals surface area contributed by atoms with Crippen molar-refractivity contribution in [1.82, 2.24) is 14.9 Å². The largest absolute Gasteiger partial charge is 0.350 e. The van der Waals surface area contributed by atoms with Gasteiger partial charge in [0.1, 0.15) is 12.4 Å². The zero-order valence-corrected chi connectivity index (χ0v) is 15.0. The molecule has 1 heterocycles. The molecule has 0 atom stereocenters. The molecule has 1 N–H and O–H groups in total. The maximum Gasteiger partial charge on any atom is 0.254 e. The minimum atomic E-state index is -0.276. The van der Waals surface area contributed by atoms with E-state index in [0.29, 0.717) is 28.6 Å². The first kappa shape index (κ1) is 17.9. The van der Waals surface area contributed by atoms with E-state index < -0.39 is 0 Å². The van der Waals surface area contributed by atoms with Gasteiger partial charge in [-0.25, -0.2) is 4.98 Å². The van der Waals surface area contributed by atoms with E-state index in [0.717, 1.165) is 5.56 Å². The number of aryl methyl sites for hydroxylation is 1. The summed E-state index contributed by atoms with van der Waals surface area (Å²) in [6.07, 6.45) is 0. The summed E-state index contributed by atoms with van der Waals surface area (Å²) in [7, 11) is 0. The number of carbonyl (C=O) groups is 1. The summed E-state index contributed by atoms with van der Waals surface area (Å²) in [6, 6.07) is 18.1. The Labute approximate surface area is 156 Å². The number of hydrogen-bond donors (Lipinski definition) is 1. The van der Waals surface area contributed by atoms with E-state index in [4.69, 9.17) is 11.6 Å². The lowest BCUT2D eigenvalue weighted by molar-refractivity contribution is -0.121. The van der Waals surface area contributed by atoms with E-state index in [2.05, 4.69) is 10.3 Å². The summed E-state index contributed by atoms with van der Waals surface area (Å²) in [5, 5.41) is 3.37. The predicted octanol–water partition coefficient (Wildman–Crippen LogP) is 3.19. The number of amides is 1. The van der Waals surface area contributed by atoms with E-state index in [-0.39, 0.29) is 18.0 Å². The fourth-order valence-electron chi connectivity index (χ4n) is 2.62. The quantitative estimate of drug-likeness (QED) is 0.753. The number of halogens is 1. The molecule has 0 radical (unpaired) electrons. The zero-order valence-electron chi connectivity index (χ0n) is 14.3. The van der Waals surface area contributed by atoms with Crippen LogP contribution in [-0.4, -0.2) is 15.5 Å². The van der Waals surface area contributed by atoms with Crippen molar-refractivity contribution in [3.8, 4) is 11.4 Å². The molecule has 1 amide bonds. The van der Waals surface area contributed by atoms with Crippen LogP contribution in [0.3, 0.4) is 0 Å². The maximum absolute atomic E-state index is 12.4. The molecule has 132 valence electrons. The summed E-state index contributed by atoms with van der Waals surface area (Å²) in [4.78, 5) is 29.2. The Bertz CT molecular complexity index is 984. The van der Waals surface area contributed by atoms with Gasteiger partial charge >= 0.3 is 0 Å².